The number of nitrogens with one attached hydrogen (secondary N) is 1. The summed E-state index contributed by atoms with van der Waals surface area (Å²) in [6.45, 7) is 0.393. The third kappa shape index (κ3) is 5.87. The summed E-state index contributed by atoms with van der Waals surface area (Å²) in [6.07, 6.45) is 1.60. The van der Waals surface area contributed by atoms with Gasteiger partial charge in [-0.1, -0.05) is 53.8 Å². The van der Waals surface area contributed by atoms with Crippen LogP contribution in [0, 0.1) is 0 Å². The van der Waals surface area contributed by atoms with Gasteiger partial charge in [0.2, 0.25) is 5.88 Å². The number of H-pyrrole nitrogens is 1. The van der Waals surface area contributed by atoms with Crippen LogP contribution in [0.5, 0.6) is 5.88 Å². The number of carbonyl (C=O) groups excluding carboxylic acids is 1. The molecule has 1 heterocycles. The van der Waals surface area contributed by atoms with E-state index in [0.29, 0.717) is 23.4 Å². The zero-order valence-corrected chi connectivity index (χ0v) is 20.8. The molecule has 0 saturated heterocycles. The Morgan fingerprint density at radius 1 is 0.971 bits per heavy atom. The van der Waals surface area contributed by atoms with E-state index in [1.807, 2.05) is 48.5 Å². The molecule has 1 amide bonds. The summed E-state index contributed by atoms with van der Waals surface area (Å²) < 4.78 is 23.3. The molecule has 3 aromatic carbocycles. The first-order chi connectivity index (χ1) is 16.6. The van der Waals surface area contributed by atoms with E-state index in [9.17, 15) is 23.1 Å². The van der Waals surface area contributed by atoms with Crippen molar-refractivity contribution in [3.8, 4) is 17.0 Å². The summed E-state index contributed by atoms with van der Waals surface area (Å²) in [5.74, 6) is -0.281. The first kappa shape index (κ1) is 24.4. The second kappa shape index (κ2) is 9.89. The van der Waals surface area contributed by atoms with Crippen LogP contribution in [0.1, 0.15) is 26.4 Å². The quantitative estimate of drug-likeness (QED) is 0.391. The lowest BCUT2D eigenvalue weighted by atomic mass is 10.0. The van der Waals surface area contributed by atoms with Gasteiger partial charge in [0.1, 0.15) is 0 Å². The highest BCUT2D eigenvalue weighted by Gasteiger charge is 2.14. The molecule has 180 valence electrons. The second-order valence-electron chi connectivity index (χ2n) is 8.32. The van der Waals surface area contributed by atoms with E-state index in [1.54, 1.807) is 11.9 Å². The summed E-state index contributed by atoms with van der Waals surface area (Å²) >= 11 is 1.000. The van der Waals surface area contributed by atoms with Crippen LogP contribution < -0.4 is 4.87 Å². The van der Waals surface area contributed by atoms with E-state index in [1.165, 1.54) is 24.3 Å². The molecule has 4 rings (SSSR count). The van der Waals surface area contributed by atoms with Gasteiger partial charge in [-0.05, 0) is 52.6 Å². The zero-order chi connectivity index (χ0) is 25.2. The summed E-state index contributed by atoms with van der Waals surface area (Å²) in [7, 11) is -1.61. The summed E-state index contributed by atoms with van der Waals surface area (Å²) in [5.41, 5.74) is 4.36. The molecule has 9 heteroatoms. The number of aromatic amines is 1. The zero-order valence-electron chi connectivity index (χ0n) is 19.2. The minimum Gasteiger partial charge on any atom is -0.494 e. The Kier molecular flexibility index (Phi) is 6.90. The molecule has 7 nitrogen and oxygen atoms in total. The summed E-state index contributed by atoms with van der Waals surface area (Å²) in [5, 5.41) is 9.79. The predicted molar refractivity (Wildman–Crippen MR) is 137 cm³/mol. The Hall–Kier alpha value is -3.69. The topological polar surface area (TPSA) is 108 Å². The van der Waals surface area contributed by atoms with Crippen molar-refractivity contribution < 1.29 is 18.3 Å². The highest BCUT2D eigenvalue weighted by atomic mass is 32.2. The molecular formula is C26H24N2O5S2. The average Bonchev–Trinajstić information content (AvgIpc) is 3.15. The minimum absolute atomic E-state index is 0.0817. The average molecular weight is 509 g/mol. The number of carbonyl (C=O) groups is 1. The largest absolute Gasteiger partial charge is 0.494 e. The van der Waals surface area contributed by atoms with Gasteiger partial charge in [-0.2, -0.15) is 0 Å². The summed E-state index contributed by atoms with van der Waals surface area (Å²) in [4.78, 5) is 28.7. The van der Waals surface area contributed by atoms with Crippen LogP contribution in [-0.2, 0) is 22.8 Å². The van der Waals surface area contributed by atoms with Gasteiger partial charge in [0.25, 0.3) is 5.91 Å². The van der Waals surface area contributed by atoms with Gasteiger partial charge in [0.05, 0.1) is 9.77 Å². The van der Waals surface area contributed by atoms with Gasteiger partial charge in [0, 0.05) is 31.8 Å². The molecule has 0 bridgehead atoms. The lowest BCUT2D eigenvalue weighted by Crippen LogP contribution is -2.26. The molecule has 4 aromatic rings. The van der Waals surface area contributed by atoms with Gasteiger partial charge in [-0.15, -0.1) is 0 Å². The van der Waals surface area contributed by atoms with Crippen LogP contribution in [-0.4, -0.2) is 42.6 Å². The number of hydrogen-bond donors (Lipinski definition) is 2. The molecule has 2 N–H and O–H groups in total. The number of benzene rings is 3. The van der Waals surface area contributed by atoms with Crippen LogP contribution in [0.25, 0.3) is 11.1 Å². The van der Waals surface area contributed by atoms with Crippen molar-refractivity contribution in [3.05, 3.63) is 104 Å². The Labute approximate surface area is 207 Å². The molecule has 0 spiro atoms. The number of rotatable bonds is 7. The summed E-state index contributed by atoms with van der Waals surface area (Å²) in [6, 6.07) is 21.7. The number of nitrogens with zero attached hydrogens (tertiary/aromatic N) is 1. The van der Waals surface area contributed by atoms with E-state index in [-0.39, 0.29) is 21.6 Å². The van der Waals surface area contributed by atoms with Crippen molar-refractivity contribution in [1.29, 1.82) is 0 Å². The highest BCUT2D eigenvalue weighted by molar-refractivity contribution is 7.90. The molecule has 0 aliphatic carbocycles. The van der Waals surface area contributed by atoms with Crippen LogP contribution in [0.2, 0.25) is 0 Å². The molecule has 0 aliphatic heterocycles. The number of aromatic nitrogens is 1. The number of sulfone groups is 1. The fraction of sp³-hybridized carbons (Fsp3) is 0.154. The third-order valence-electron chi connectivity index (χ3n) is 5.58. The smallest absolute Gasteiger partial charge is 0.307 e. The lowest BCUT2D eigenvalue weighted by molar-refractivity contribution is 0.0785. The number of thiazole rings is 1. The van der Waals surface area contributed by atoms with E-state index in [4.69, 9.17) is 0 Å². The van der Waals surface area contributed by atoms with E-state index in [2.05, 4.69) is 4.98 Å². The second-order valence-corrected chi connectivity index (χ2v) is 11.4. The molecule has 0 aliphatic rings. The third-order valence-corrected chi connectivity index (χ3v) is 7.58. The van der Waals surface area contributed by atoms with E-state index in [0.717, 1.165) is 39.8 Å². The number of hydrogen-bond acceptors (Lipinski definition) is 6. The SMILES string of the molecule is CN(Cc1cccc(-c2ccc(Cc3sc(=O)[nH]c3O)cc2)c1)C(=O)c1ccc(S(C)(=O)=O)cc1. The van der Waals surface area contributed by atoms with Crippen molar-refractivity contribution in [3.63, 3.8) is 0 Å². The van der Waals surface area contributed by atoms with Crippen molar-refractivity contribution in [1.82, 2.24) is 9.88 Å². The van der Waals surface area contributed by atoms with Crippen molar-refractivity contribution in [2.75, 3.05) is 13.3 Å². The predicted octanol–water partition coefficient (Wildman–Crippen LogP) is 4.08. The van der Waals surface area contributed by atoms with Crippen LogP contribution in [0.3, 0.4) is 0 Å². The van der Waals surface area contributed by atoms with Crippen molar-refractivity contribution in [2.24, 2.45) is 0 Å². The van der Waals surface area contributed by atoms with Crippen LogP contribution in [0.15, 0.2) is 82.5 Å². The van der Waals surface area contributed by atoms with Gasteiger partial charge in [-0.3, -0.25) is 14.6 Å². The molecule has 0 saturated carbocycles. The molecule has 0 unspecified atom stereocenters. The molecule has 0 fully saturated rings. The van der Waals surface area contributed by atoms with Crippen molar-refractivity contribution in [2.45, 2.75) is 17.9 Å². The number of aromatic hydroxyl groups is 1. The van der Waals surface area contributed by atoms with Crippen LogP contribution >= 0.6 is 11.3 Å². The monoisotopic (exact) mass is 508 g/mol. The first-order valence-corrected chi connectivity index (χ1v) is 13.5. The minimum atomic E-state index is -3.31. The maximum absolute atomic E-state index is 12.8. The van der Waals surface area contributed by atoms with E-state index >= 15 is 0 Å². The molecule has 35 heavy (non-hydrogen) atoms. The maximum Gasteiger partial charge on any atom is 0.307 e. The first-order valence-electron chi connectivity index (χ1n) is 10.7. The standard InChI is InChI=1S/C26H24N2O5S2/c1-28(25(30)20-10-12-22(13-11-20)35(2,32)33)16-18-4-3-5-21(14-18)19-8-6-17(7-9-19)15-23-24(29)27-26(31)34-23/h3-14,29H,15-16H2,1-2H3,(H,27,31). The maximum atomic E-state index is 12.8. The lowest BCUT2D eigenvalue weighted by Gasteiger charge is -2.18. The van der Waals surface area contributed by atoms with Gasteiger partial charge in [-0.25, -0.2) is 8.42 Å². The number of amides is 1. The fourth-order valence-corrected chi connectivity index (χ4v) is 5.12. The Morgan fingerprint density at radius 3 is 2.26 bits per heavy atom. The molecule has 0 atom stereocenters. The normalized spacial score (nSPS) is 11.4. The highest BCUT2D eigenvalue weighted by Crippen LogP contribution is 2.25. The Morgan fingerprint density at radius 2 is 1.66 bits per heavy atom. The van der Waals surface area contributed by atoms with Crippen molar-refractivity contribution >= 4 is 27.1 Å². The Bertz CT molecular complexity index is 1520. The molecule has 1 aromatic heterocycles. The Balaban J connectivity index is 1.45. The van der Waals surface area contributed by atoms with Crippen LogP contribution in [0.4, 0.5) is 0 Å². The molecular weight excluding hydrogens is 484 g/mol. The van der Waals surface area contributed by atoms with Gasteiger partial charge < -0.3 is 10.0 Å². The fourth-order valence-electron chi connectivity index (χ4n) is 3.73. The van der Waals surface area contributed by atoms with Gasteiger partial charge in [0.15, 0.2) is 9.84 Å². The van der Waals surface area contributed by atoms with E-state index < -0.39 is 9.84 Å². The molecule has 0 radical (unpaired) electrons. The van der Waals surface area contributed by atoms with Gasteiger partial charge >= 0.3 is 4.87 Å².